The third kappa shape index (κ3) is 4.16. The van der Waals surface area contributed by atoms with Crippen LogP contribution in [0.1, 0.15) is 32.6 Å². The van der Waals surface area contributed by atoms with Gasteiger partial charge in [0.25, 0.3) is 0 Å². The van der Waals surface area contributed by atoms with E-state index >= 15 is 0 Å². The summed E-state index contributed by atoms with van der Waals surface area (Å²) in [6.07, 6.45) is 4.64. The lowest BCUT2D eigenvalue weighted by molar-refractivity contribution is -0.139. The molecule has 0 spiro atoms. The molecule has 0 aromatic carbocycles. The first-order valence-electron chi connectivity index (χ1n) is 7.63. The molecule has 2 aliphatic rings. The lowest BCUT2D eigenvalue weighted by atomic mass is 10.2. The van der Waals surface area contributed by atoms with Gasteiger partial charge >= 0.3 is 5.97 Å². The normalized spacial score (nSPS) is 26.9. The van der Waals surface area contributed by atoms with E-state index in [1.807, 2.05) is 6.92 Å². The Morgan fingerprint density at radius 1 is 1.37 bits per heavy atom. The summed E-state index contributed by atoms with van der Waals surface area (Å²) in [4.78, 5) is 16.1. The maximum absolute atomic E-state index is 11.1. The van der Waals surface area contributed by atoms with Gasteiger partial charge in [0.1, 0.15) is 6.04 Å². The molecule has 2 unspecified atom stereocenters. The van der Waals surface area contributed by atoms with Gasteiger partial charge < -0.3 is 15.3 Å². The Labute approximate surface area is 115 Å². The number of likely N-dealkylation sites (N-methyl/N-ethyl adjacent to an activating group) is 1. The standard InChI is InChI=1S/C14H27N3O2/c1-2-15-13(14(18)19)6-10-16-9-5-12(11-16)17-7-3-4-8-17/h12-13,15H,2-11H2,1H3,(H,18,19). The molecule has 2 aliphatic heterocycles. The monoisotopic (exact) mass is 269 g/mol. The van der Waals surface area contributed by atoms with Crippen LogP contribution >= 0.6 is 0 Å². The lowest BCUT2D eigenvalue weighted by Crippen LogP contribution is -2.40. The number of rotatable bonds is 7. The van der Waals surface area contributed by atoms with Crippen LogP contribution in [0.4, 0.5) is 0 Å². The largest absolute Gasteiger partial charge is 0.480 e. The molecule has 2 heterocycles. The third-order valence-electron chi connectivity index (χ3n) is 4.39. The highest BCUT2D eigenvalue weighted by Crippen LogP contribution is 2.20. The second-order valence-electron chi connectivity index (χ2n) is 5.72. The summed E-state index contributed by atoms with van der Waals surface area (Å²) in [7, 11) is 0. The minimum atomic E-state index is -0.725. The fraction of sp³-hybridized carbons (Fsp3) is 0.929. The summed E-state index contributed by atoms with van der Waals surface area (Å²) in [5.41, 5.74) is 0. The summed E-state index contributed by atoms with van der Waals surface area (Å²) in [5.74, 6) is -0.725. The van der Waals surface area contributed by atoms with Gasteiger partial charge in [0.05, 0.1) is 0 Å². The van der Waals surface area contributed by atoms with E-state index in [4.69, 9.17) is 5.11 Å². The second kappa shape index (κ2) is 7.22. The number of hydrogen-bond acceptors (Lipinski definition) is 4. The van der Waals surface area contributed by atoms with Gasteiger partial charge in [0.2, 0.25) is 0 Å². The van der Waals surface area contributed by atoms with Crippen molar-refractivity contribution in [3.8, 4) is 0 Å². The number of carboxylic acid groups (broad SMARTS) is 1. The molecule has 2 saturated heterocycles. The fourth-order valence-corrected chi connectivity index (χ4v) is 3.29. The van der Waals surface area contributed by atoms with Crippen LogP contribution in [0.25, 0.3) is 0 Å². The molecule has 2 N–H and O–H groups in total. The minimum absolute atomic E-state index is 0.393. The molecule has 2 rings (SSSR count). The summed E-state index contributed by atoms with van der Waals surface area (Å²) >= 11 is 0. The van der Waals surface area contributed by atoms with E-state index in [9.17, 15) is 4.79 Å². The van der Waals surface area contributed by atoms with Crippen molar-refractivity contribution in [3.05, 3.63) is 0 Å². The summed E-state index contributed by atoms with van der Waals surface area (Å²) in [6.45, 7) is 8.33. The highest BCUT2D eigenvalue weighted by atomic mass is 16.4. The Morgan fingerprint density at radius 2 is 2.11 bits per heavy atom. The average Bonchev–Trinajstić information content (AvgIpc) is 3.04. The first-order chi connectivity index (χ1) is 9.20. The molecule has 19 heavy (non-hydrogen) atoms. The average molecular weight is 269 g/mol. The van der Waals surface area contributed by atoms with E-state index in [1.54, 1.807) is 0 Å². The molecule has 0 bridgehead atoms. The minimum Gasteiger partial charge on any atom is -0.480 e. The molecule has 0 saturated carbocycles. The Balaban J connectivity index is 1.70. The van der Waals surface area contributed by atoms with Gasteiger partial charge in [-0.2, -0.15) is 0 Å². The van der Waals surface area contributed by atoms with Crippen molar-refractivity contribution >= 4 is 5.97 Å². The Hall–Kier alpha value is -0.650. The summed E-state index contributed by atoms with van der Waals surface area (Å²) in [6, 6.07) is 0.320. The first-order valence-corrected chi connectivity index (χ1v) is 7.63. The van der Waals surface area contributed by atoms with Crippen molar-refractivity contribution in [2.75, 3.05) is 39.3 Å². The number of nitrogens with one attached hydrogen (secondary N) is 1. The van der Waals surface area contributed by atoms with Gasteiger partial charge in [0.15, 0.2) is 0 Å². The van der Waals surface area contributed by atoms with Gasteiger partial charge in [0, 0.05) is 19.1 Å². The molecular formula is C14H27N3O2. The quantitative estimate of drug-likeness (QED) is 0.709. The zero-order chi connectivity index (χ0) is 13.7. The number of carboxylic acids is 1. The van der Waals surface area contributed by atoms with Crippen molar-refractivity contribution in [3.63, 3.8) is 0 Å². The smallest absolute Gasteiger partial charge is 0.320 e. The molecule has 5 nitrogen and oxygen atoms in total. The van der Waals surface area contributed by atoms with Gasteiger partial charge in [-0.15, -0.1) is 0 Å². The molecule has 0 aliphatic carbocycles. The van der Waals surface area contributed by atoms with Crippen LogP contribution in [0.5, 0.6) is 0 Å². The first kappa shape index (κ1) is 14.8. The van der Waals surface area contributed by atoms with Crippen LogP contribution in [0, 0.1) is 0 Å². The van der Waals surface area contributed by atoms with Crippen molar-refractivity contribution in [2.24, 2.45) is 0 Å². The van der Waals surface area contributed by atoms with Crippen molar-refractivity contribution in [1.29, 1.82) is 0 Å². The van der Waals surface area contributed by atoms with Crippen LogP contribution in [0.3, 0.4) is 0 Å². The highest BCUT2D eigenvalue weighted by Gasteiger charge is 2.29. The number of carbonyl (C=O) groups is 1. The van der Waals surface area contributed by atoms with Crippen LogP contribution < -0.4 is 5.32 Å². The molecular weight excluding hydrogens is 242 g/mol. The highest BCUT2D eigenvalue weighted by molar-refractivity contribution is 5.73. The van der Waals surface area contributed by atoms with Crippen LogP contribution in [0.2, 0.25) is 0 Å². The van der Waals surface area contributed by atoms with E-state index in [1.165, 1.54) is 32.4 Å². The molecule has 0 amide bonds. The second-order valence-corrected chi connectivity index (χ2v) is 5.72. The predicted octanol–water partition coefficient (Wildman–Crippen LogP) is 0.609. The fourth-order valence-electron chi connectivity index (χ4n) is 3.29. The van der Waals surface area contributed by atoms with Crippen molar-refractivity contribution in [1.82, 2.24) is 15.1 Å². The van der Waals surface area contributed by atoms with Gasteiger partial charge in [-0.1, -0.05) is 6.92 Å². The van der Waals surface area contributed by atoms with E-state index < -0.39 is 12.0 Å². The van der Waals surface area contributed by atoms with Gasteiger partial charge in [-0.25, -0.2) is 0 Å². The molecule has 2 fully saturated rings. The summed E-state index contributed by atoms with van der Waals surface area (Å²) in [5, 5.41) is 12.1. The molecule has 0 radical (unpaired) electrons. The number of likely N-dealkylation sites (tertiary alicyclic amines) is 2. The maximum Gasteiger partial charge on any atom is 0.320 e. The number of aliphatic carboxylic acids is 1. The molecule has 5 heteroatoms. The van der Waals surface area contributed by atoms with Crippen LogP contribution in [-0.2, 0) is 4.79 Å². The summed E-state index contributed by atoms with van der Waals surface area (Å²) < 4.78 is 0. The topological polar surface area (TPSA) is 55.8 Å². The van der Waals surface area contributed by atoms with Crippen molar-refractivity contribution in [2.45, 2.75) is 44.7 Å². The van der Waals surface area contributed by atoms with Gasteiger partial charge in [-0.3, -0.25) is 9.69 Å². The van der Waals surface area contributed by atoms with E-state index in [2.05, 4.69) is 15.1 Å². The number of hydrogen-bond donors (Lipinski definition) is 2. The van der Waals surface area contributed by atoms with Gasteiger partial charge in [-0.05, 0) is 51.9 Å². The maximum atomic E-state index is 11.1. The molecule has 0 aromatic heterocycles. The lowest BCUT2D eigenvalue weighted by Gasteiger charge is -2.24. The Morgan fingerprint density at radius 3 is 2.74 bits per heavy atom. The van der Waals surface area contributed by atoms with E-state index in [-0.39, 0.29) is 0 Å². The molecule has 2 atom stereocenters. The molecule has 110 valence electrons. The van der Waals surface area contributed by atoms with Crippen LogP contribution in [0.15, 0.2) is 0 Å². The van der Waals surface area contributed by atoms with E-state index in [0.29, 0.717) is 19.0 Å². The zero-order valence-electron chi connectivity index (χ0n) is 12.0. The number of nitrogens with zero attached hydrogens (tertiary/aromatic N) is 2. The third-order valence-corrected chi connectivity index (χ3v) is 4.39. The SMILES string of the molecule is CCNC(CCN1CCC(N2CCCC2)C1)C(=O)O. The predicted molar refractivity (Wildman–Crippen MR) is 75.4 cm³/mol. The Kier molecular flexibility index (Phi) is 5.60. The van der Waals surface area contributed by atoms with Crippen molar-refractivity contribution < 1.29 is 9.90 Å². The Bertz CT molecular complexity index is 292. The zero-order valence-corrected chi connectivity index (χ0v) is 12.0. The van der Waals surface area contributed by atoms with E-state index in [0.717, 1.165) is 19.6 Å². The van der Waals surface area contributed by atoms with Crippen LogP contribution in [-0.4, -0.2) is 72.2 Å². The molecule has 0 aromatic rings.